The van der Waals surface area contributed by atoms with Crippen LogP contribution >= 0.6 is 11.3 Å². The Morgan fingerprint density at radius 2 is 2.12 bits per heavy atom. The smallest absolute Gasteiger partial charge is 0.439 e. The molecule has 0 bridgehead atoms. The van der Waals surface area contributed by atoms with E-state index in [0.29, 0.717) is 58.8 Å². The van der Waals surface area contributed by atoms with Gasteiger partial charge in [0.1, 0.15) is 34.3 Å². The fraction of sp³-hybridized carbons (Fsp3) is 0.238. The number of benzene rings is 1. The van der Waals surface area contributed by atoms with E-state index in [0.717, 1.165) is 4.88 Å². The molecule has 0 amide bonds. The predicted octanol–water partition coefficient (Wildman–Crippen LogP) is 3.75. The van der Waals surface area contributed by atoms with Crippen molar-refractivity contribution in [2.75, 3.05) is 25.6 Å². The first kappa shape index (κ1) is 21.5. The standard InChI is InChI=1S/C21H20FN5O4S/c1-3-30-16-10-17(32-19(16)20-26-21(28)31-27-20)15-9-18(25-11-24-15)23-7-6-12-4-5-13(29-2)8-14(12)22/h4-5,8-11H,3,6-7H2,1-2H3,(H,23,24,25)(H,26,27,28). The first-order valence-electron chi connectivity index (χ1n) is 9.79. The van der Waals surface area contributed by atoms with Gasteiger partial charge < -0.3 is 14.8 Å². The van der Waals surface area contributed by atoms with Gasteiger partial charge in [0.2, 0.25) is 0 Å². The molecule has 166 valence electrons. The maximum Gasteiger partial charge on any atom is 0.439 e. The van der Waals surface area contributed by atoms with Gasteiger partial charge in [-0.25, -0.2) is 19.2 Å². The van der Waals surface area contributed by atoms with Gasteiger partial charge in [-0.1, -0.05) is 11.2 Å². The maximum absolute atomic E-state index is 14.1. The molecule has 1 aromatic carbocycles. The normalized spacial score (nSPS) is 10.8. The lowest BCUT2D eigenvalue weighted by atomic mass is 10.1. The summed E-state index contributed by atoms with van der Waals surface area (Å²) in [5, 5.41) is 6.93. The fourth-order valence-electron chi connectivity index (χ4n) is 3.03. The van der Waals surface area contributed by atoms with Crippen LogP contribution in [0.25, 0.3) is 21.3 Å². The number of aromatic nitrogens is 4. The Morgan fingerprint density at radius 1 is 1.25 bits per heavy atom. The number of rotatable bonds is 9. The van der Waals surface area contributed by atoms with Crippen LogP contribution in [0.5, 0.6) is 11.5 Å². The molecule has 0 saturated carbocycles. The number of thiophene rings is 1. The number of halogens is 1. The number of hydrogen-bond donors (Lipinski definition) is 2. The van der Waals surface area contributed by atoms with Crippen LogP contribution in [0.1, 0.15) is 12.5 Å². The van der Waals surface area contributed by atoms with Crippen molar-refractivity contribution in [2.24, 2.45) is 0 Å². The minimum Gasteiger partial charge on any atom is -0.497 e. The van der Waals surface area contributed by atoms with Gasteiger partial charge >= 0.3 is 5.76 Å². The third kappa shape index (κ3) is 4.78. The second-order valence-electron chi connectivity index (χ2n) is 6.60. The molecule has 0 saturated heterocycles. The van der Waals surface area contributed by atoms with Crippen molar-refractivity contribution in [3.05, 3.63) is 58.6 Å². The highest BCUT2D eigenvalue weighted by Crippen LogP contribution is 2.41. The van der Waals surface area contributed by atoms with E-state index in [9.17, 15) is 9.18 Å². The molecule has 0 fully saturated rings. The summed E-state index contributed by atoms with van der Waals surface area (Å²) in [5.41, 5.74) is 1.25. The van der Waals surface area contributed by atoms with Crippen LogP contribution < -0.4 is 20.5 Å². The molecule has 9 nitrogen and oxygen atoms in total. The van der Waals surface area contributed by atoms with E-state index in [1.165, 1.54) is 30.8 Å². The summed E-state index contributed by atoms with van der Waals surface area (Å²) in [6.45, 7) is 2.80. The second kappa shape index (κ2) is 9.60. The molecule has 0 spiro atoms. The lowest BCUT2D eigenvalue weighted by Crippen LogP contribution is -2.07. The van der Waals surface area contributed by atoms with Crippen molar-refractivity contribution in [2.45, 2.75) is 13.3 Å². The molecule has 0 atom stereocenters. The zero-order valence-corrected chi connectivity index (χ0v) is 18.2. The first-order valence-corrected chi connectivity index (χ1v) is 10.6. The highest BCUT2D eigenvalue weighted by Gasteiger charge is 2.18. The van der Waals surface area contributed by atoms with Gasteiger partial charge in [0.15, 0.2) is 5.82 Å². The Labute approximate surface area is 186 Å². The zero-order chi connectivity index (χ0) is 22.5. The molecule has 3 aromatic heterocycles. The quantitative estimate of drug-likeness (QED) is 0.391. The van der Waals surface area contributed by atoms with E-state index in [1.807, 2.05) is 13.0 Å². The van der Waals surface area contributed by atoms with E-state index < -0.39 is 5.76 Å². The van der Waals surface area contributed by atoms with Crippen molar-refractivity contribution in [3.63, 3.8) is 0 Å². The van der Waals surface area contributed by atoms with Crippen molar-refractivity contribution >= 4 is 17.2 Å². The van der Waals surface area contributed by atoms with E-state index in [2.05, 4.69) is 29.9 Å². The number of anilines is 1. The van der Waals surface area contributed by atoms with Crippen LogP contribution in [0.4, 0.5) is 10.2 Å². The third-order valence-electron chi connectivity index (χ3n) is 4.53. The number of nitrogens with zero attached hydrogens (tertiary/aromatic N) is 3. The van der Waals surface area contributed by atoms with Crippen molar-refractivity contribution in [1.82, 2.24) is 20.1 Å². The predicted molar refractivity (Wildman–Crippen MR) is 118 cm³/mol. The summed E-state index contributed by atoms with van der Waals surface area (Å²) in [6.07, 6.45) is 1.93. The number of hydrogen-bond acceptors (Lipinski definition) is 9. The van der Waals surface area contributed by atoms with Crippen molar-refractivity contribution in [3.8, 4) is 32.8 Å². The molecule has 32 heavy (non-hydrogen) atoms. The Kier molecular flexibility index (Phi) is 6.45. The van der Waals surface area contributed by atoms with Crippen LogP contribution in [0, 0.1) is 5.82 Å². The molecule has 4 rings (SSSR count). The molecular formula is C21H20FN5O4S. The third-order valence-corrected chi connectivity index (χ3v) is 5.68. The van der Waals surface area contributed by atoms with Gasteiger partial charge in [0, 0.05) is 24.7 Å². The molecule has 2 N–H and O–H groups in total. The van der Waals surface area contributed by atoms with Gasteiger partial charge in [-0.15, -0.1) is 11.3 Å². The van der Waals surface area contributed by atoms with Crippen LogP contribution in [0.15, 0.2) is 46.0 Å². The number of methoxy groups -OCH3 is 1. The molecule has 0 aliphatic heterocycles. The topological polar surface area (TPSA) is 115 Å². The second-order valence-corrected chi connectivity index (χ2v) is 7.66. The van der Waals surface area contributed by atoms with Crippen LogP contribution in [0.3, 0.4) is 0 Å². The average molecular weight is 457 g/mol. The summed E-state index contributed by atoms with van der Waals surface area (Å²) in [6, 6.07) is 8.42. The highest BCUT2D eigenvalue weighted by molar-refractivity contribution is 7.19. The number of nitrogens with one attached hydrogen (secondary N) is 2. The maximum atomic E-state index is 14.1. The van der Waals surface area contributed by atoms with Crippen molar-refractivity contribution < 1.29 is 18.4 Å². The SMILES string of the molecule is CCOc1cc(-c2cc(NCCc3ccc(OC)cc3F)ncn2)sc1-c1noc(=O)[nH]1. The summed E-state index contributed by atoms with van der Waals surface area (Å²) < 4.78 is 29.4. The minimum absolute atomic E-state index is 0.295. The van der Waals surface area contributed by atoms with Crippen LogP contribution in [-0.2, 0) is 6.42 Å². The summed E-state index contributed by atoms with van der Waals surface area (Å²) in [7, 11) is 1.50. The van der Waals surface area contributed by atoms with Gasteiger partial charge in [-0.2, -0.15) is 0 Å². The fourth-order valence-corrected chi connectivity index (χ4v) is 4.03. The van der Waals surface area contributed by atoms with Gasteiger partial charge in [-0.3, -0.25) is 9.51 Å². The minimum atomic E-state index is -0.640. The van der Waals surface area contributed by atoms with E-state index in [1.54, 1.807) is 18.2 Å². The number of aromatic amines is 1. The molecule has 11 heteroatoms. The Bertz CT molecular complexity index is 1270. The molecule has 0 aliphatic rings. The Hall–Kier alpha value is -3.73. The molecular weight excluding hydrogens is 437 g/mol. The number of ether oxygens (including phenoxy) is 2. The van der Waals surface area contributed by atoms with Gasteiger partial charge in [-0.05, 0) is 25.0 Å². The lowest BCUT2D eigenvalue weighted by molar-refractivity contribution is 0.342. The van der Waals surface area contributed by atoms with Crippen molar-refractivity contribution in [1.29, 1.82) is 0 Å². The van der Waals surface area contributed by atoms with E-state index >= 15 is 0 Å². The Morgan fingerprint density at radius 3 is 2.84 bits per heavy atom. The molecule has 0 aliphatic carbocycles. The monoisotopic (exact) mass is 457 g/mol. The van der Waals surface area contributed by atoms with E-state index in [-0.39, 0.29) is 5.82 Å². The summed E-state index contributed by atoms with van der Waals surface area (Å²) >= 11 is 1.36. The largest absolute Gasteiger partial charge is 0.497 e. The highest BCUT2D eigenvalue weighted by atomic mass is 32.1. The zero-order valence-electron chi connectivity index (χ0n) is 17.3. The molecule has 3 heterocycles. The average Bonchev–Trinajstić information content (AvgIpc) is 3.41. The molecule has 0 radical (unpaired) electrons. The van der Waals surface area contributed by atoms with Gasteiger partial charge in [0.05, 0.1) is 24.3 Å². The number of H-pyrrole nitrogens is 1. The Balaban J connectivity index is 1.50. The lowest BCUT2D eigenvalue weighted by Gasteiger charge is -2.08. The van der Waals surface area contributed by atoms with E-state index in [4.69, 9.17) is 9.47 Å². The van der Waals surface area contributed by atoms with Crippen LogP contribution in [0.2, 0.25) is 0 Å². The molecule has 4 aromatic rings. The molecule has 0 unspecified atom stereocenters. The van der Waals surface area contributed by atoms with Crippen LogP contribution in [-0.4, -0.2) is 40.4 Å². The first-order chi connectivity index (χ1) is 15.6. The summed E-state index contributed by atoms with van der Waals surface area (Å²) in [4.78, 5) is 23.9. The van der Waals surface area contributed by atoms with Gasteiger partial charge in [0.25, 0.3) is 0 Å². The summed E-state index contributed by atoms with van der Waals surface area (Å²) in [5.74, 6) is 1.00.